The summed E-state index contributed by atoms with van der Waals surface area (Å²) in [5.41, 5.74) is 2.68. The molecule has 138 valence electrons. The molecule has 0 saturated carbocycles. The Morgan fingerprint density at radius 2 is 1.92 bits per heavy atom. The summed E-state index contributed by atoms with van der Waals surface area (Å²) in [5, 5.41) is 0.737. The molecule has 0 aliphatic rings. The maximum absolute atomic E-state index is 13.1. The van der Waals surface area contributed by atoms with Gasteiger partial charge < -0.3 is 4.90 Å². The summed E-state index contributed by atoms with van der Waals surface area (Å²) in [5.74, 6) is -0.0105. The molecule has 3 rings (SSSR count). The number of aryl methyl sites for hydroxylation is 1. The second kappa shape index (κ2) is 8.95. The summed E-state index contributed by atoms with van der Waals surface area (Å²) in [6.45, 7) is 3.37. The third-order valence-electron chi connectivity index (χ3n) is 3.85. The molecule has 0 bridgehead atoms. The van der Waals surface area contributed by atoms with Crippen molar-refractivity contribution in [2.24, 2.45) is 0 Å². The van der Waals surface area contributed by atoms with Crippen LogP contribution in [-0.2, 0) is 0 Å². The average Bonchev–Trinajstić information content (AvgIpc) is 2.97. The average molecular weight is 455 g/mol. The quantitative estimate of drug-likeness (QED) is 0.544. The van der Waals surface area contributed by atoms with Crippen LogP contribution in [-0.4, -0.2) is 43.0 Å². The van der Waals surface area contributed by atoms with E-state index in [4.69, 9.17) is 0 Å². The second-order valence-electron chi connectivity index (χ2n) is 6.24. The van der Waals surface area contributed by atoms with Gasteiger partial charge in [0.25, 0.3) is 5.91 Å². The van der Waals surface area contributed by atoms with Crippen molar-refractivity contribution >= 4 is 60.9 Å². The number of amides is 1. The molecule has 3 aromatic rings. The number of likely N-dealkylation sites (N-methyl/N-ethyl adjacent to an activating group) is 1. The zero-order valence-corrected chi connectivity index (χ0v) is 18.1. The van der Waals surface area contributed by atoms with Crippen molar-refractivity contribution in [1.29, 1.82) is 0 Å². The van der Waals surface area contributed by atoms with Crippen LogP contribution in [0.2, 0.25) is 0 Å². The number of hydrogen-bond acceptors (Lipinski definition) is 4. The van der Waals surface area contributed by atoms with Crippen LogP contribution in [0, 0.1) is 6.92 Å². The lowest BCUT2D eigenvalue weighted by Crippen LogP contribution is -2.36. The topological polar surface area (TPSA) is 36.4 Å². The normalized spacial score (nSPS) is 10.8. The third-order valence-corrected chi connectivity index (χ3v) is 5.39. The molecule has 7 heteroatoms. The van der Waals surface area contributed by atoms with Gasteiger partial charge in [0.15, 0.2) is 5.13 Å². The van der Waals surface area contributed by atoms with Crippen LogP contribution in [0.25, 0.3) is 10.2 Å². The zero-order chi connectivity index (χ0) is 18.0. The number of benzene rings is 2. The van der Waals surface area contributed by atoms with E-state index in [1.54, 1.807) is 16.2 Å². The highest BCUT2D eigenvalue weighted by Gasteiger charge is 2.21. The van der Waals surface area contributed by atoms with E-state index < -0.39 is 0 Å². The molecule has 0 unspecified atom stereocenters. The minimum atomic E-state index is -0.0105. The molecule has 2 aromatic carbocycles. The third kappa shape index (κ3) is 4.82. The fourth-order valence-corrected chi connectivity index (χ4v) is 4.06. The van der Waals surface area contributed by atoms with Gasteiger partial charge in [0.05, 0.1) is 10.2 Å². The van der Waals surface area contributed by atoms with Gasteiger partial charge in [0.2, 0.25) is 0 Å². The maximum atomic E-state index is 13.1. The van der Waals surface area contributed by atoms with E-state index in [1.807, 2.05) is 63.5 Å². The number of halogens is 2. The van der Waals surface area contributed by atoms with Gasteiger partial charge in [0.1, 0.15) is 0 Å². The monoisotopic (exact) mass is 453 g/mol. The van der Waals surface area contributed by atoms with Crippen molar-refractivity contribution in [3.8, 4) is 0 Å². The predicted octanol–water partition coefficient (Wildman–Crippen LogP) is 5.00. The van der Waals surface area contributed by atoms with E-state index in [-0.39, 0.29) is 18.3 Å². The molecule has 1 heterocycles. The summed E-state index contributed by atoms with van der Waals surface area (Å²) in [6, 6.07) is 13.7. The Hall–Kier alpha value is -1.47. The van der Waals surface area contributed by atoms with Gasteiger partial charge in [-0.25, -0.2) is 4.98 Å². The number of anilines is 1. The highest BCUT2D eigenvalue weighted by molar-refractivity contribution is 9.10. The summed E-state index contributed by atoms with van der Waals surface area (Å²) < 4.78 is 2.08. The van der Waals surface area contributed by atoms with Crippen LogP contribution < -0.4 is 4.90 Å². The van der Waals surface area contributed by atoms with E-state index in [2.05, 4.69) is 25.8 Å². The zero-order valence-electron chi connectivity index (χ0n) is 14.9. The van der Waals surface area contributed by atoms with Gasteiger partial charge in [-0.05, 0) is 51.4 Å². The first kappa shape index (κ1) is 20.8. The molecular formula is C19H21BrClN3OS. The summed E-state index contributed by atoms with van der Waals surface area (Å²) in [6.07, 6.45) is 0. The minimum Gasteiger partial charge on any atom is -0.308 e. The fourth-order valence-electron chi connectivity index (χ4n) is 2.52. The van der Waals surface area contributed by atoms with Crippen molar-refractivity contribution in [3.63, 3.8) is 0 Å². The van der Waals surface area contributed by atoms with Gasteiger partial charge in [-0.2, -0.15) is 0 Å². The minimum absolute atomic E-state index is 0. The predicted molar refractivity (Wildman–Crippen MR) is 116 cm³/mol. The van der Waals surface area contributed by atoms with Crippen molar-refractivity contribution < 1.29 is 4.79 Å². The van der Waals surface area contributed by atoms with Crippen LogP contribution in [0.5, 0.6) is 0 Å². The SMILES string of the molecule is Cc1cccc(C(=O)N(CCN(C)C)c2nc3ccc(Br)cc3s2)c1.Cl. The fraction of sp³-hybridized carbons (Fsp3) is 0.263. The molecule has 1 amide bonds. The number of carbonyl (C=O) groups excluding carboxylic acids is 1. The number of thiazole rings is 1. The first-order valence-corrected chi connectivity index (χ1v) is 9.64. The van der Waals surface area contributed by atoms with Gasteiger partial charge >= 0.3 is 0 Å². The van der Waals surface area contributed by atoms with Crippen molar-refractivity contribution in [3.05, 3.63) is 58.1 Å². The van der Waals surface area contributed by atoms with Crippen LogP contribution >= 0.6 is 39.7 Å². The van der Waals surface area contributed by atoms with E-state index >= 15 is 0 Å². The van der Waals surface area contributed by atoms with Crippen molar-refractivity contribution in [2.45, 2.75) is 6.92 Å². The molecule has 0 atom stereocenters. The molecule has 0 aliphatic heterocycles. The van der Waals surface area contributed by atoms with Gasteiger partial charge in [0, 0.05) is 23.1 Å². The largest absolute Gasteiger partial charge is 0.308 e. The molecular weight excluding hydrogens is 434 g/mol. The van der Waals surface area contributed by atoms with Crippen LogP contribution in [0.4, 0.5) is 5.13 Å². The first-order chi connectivity index (χ1) is 11.9. The molecule has 0 aliphatic carbocycles. The molecule has 0 radical (unpaired) electrons. The van der Waals surface area contributed by atoms with Crippen LogP contribution in [0.3, 0.4) is 0 Å². The molecule has 4 nitrogen and oxygen atoms in total. The number of rotatable bonds is 5. The summed E-state index contributed by atoms with van der Waals surface area (Å²) in [7, 11) is 4.01. The molecule has 0 fully saturated rings. The molecule has 0 spiro atoms. The summed E-state index contributed by atoms with van der Waals surface area (Å²) >= 11 is 5.04. The highest BCUT2D eigenvalue weighted by atomic mass is 79.9. The smallest absolute Gasteiger partial charge is 0.260 e. The molecule has 1 aromatic heterocycles. The highest BCUT2D eigenvalue weighted by Crippen LogP contribution is 2.31. The lowest BCUT2D eigenvalue weighted by atomic mass is 10.1. The number of hydrogen-bond donors (Lipinski definition) is 0. The first-order valence-electron chi connectivity index (χ1n) is 8.03. The Balaban J connectivity index is 0.00000243. The van der Waals surface area contributed by atoms with Crippen LogP contribution in [0.15, 0.2) is 46.9 Å². The number of carbonyl (C=O) groups is 1. The van der Waals surface area contributed by atoms with Gasteiger partial charge in [-0.3, -0.25) is 9.69 Å². The number of fused-ring (bicyclic) bond motifs is 1. The molecule has 26 heavy (non-hydrogen) atoms. The molecule has 0 N–H and O–H groups in total. The summed E-state index contributed by atoms with van der Waals surface area (Å²) in [4.78, 5) is 21.7. The lowest BCUT2D eigenvalue weighted by molar-refractivity contribution is 0.0985. The standard InChI is InChI=1S/C19H20BrN3OS.ClH/c1-13-5-4-6-14(11-13)18(24)23(10-9-22(2)3)19-21-16-8-7-15(20)12-17(16)25-19;/h4-8,11-12H,9-10H2,1-3H3;1H. The Kier molecular flexibility index (Phi) is 7.17. The van der Waals surface area contributed by atoms with E-state index in [0.717, 1.165) is 31.9 Å². The van der Waals surface area contributed by atoms with Crippen molar-refractivity contribution in [2.75, 3.05) is 32.1 Å². The Morgan fingerprint density at radius 1 is 1.15 bits per heavy atom. The lowest BCUT2D eigenvalue weighted by Gasteiger charge is -2.22. The van der Waals surface area contributed by atoms with Crippen molar-refractivity contribution in [1.82, 2.24) is 9.88 Å². The Bertz CT molecular complexity index is 913. The number of nitrogens with zero attached hydrogens (tertiary/aromatic N) is 3. The van der Waals surface area contributed by atoms with E-state index in [0.29, 0.717) is 12.1 Å². The van der Waals surface area contributed by atoms with Gasteiger partial charge in [-0.15, -0.1) is 12.4 Å². The second-order valence-corrected chi connectivity index (χ2v) is 8.16. The van der Waals surface area contributed by atoms with E-state index in [9.17, 15) is 4.79 Å². The number of aromatic nitrogens is 1. The molecule has 0 saturated heterocycles. The Morgan fingerprint density at radius 3 is 2.62 bits per heavy atom. The van der Waals surface area contributed by atoms with Gasteiger partial charge in [-0.1, -0.05) is 45.0 Å². The Labute approximate surface area is 172 Å². The maximum Gasteiger partial charge on any atom is 0.260 e. The van der Waals surface area contributed by atoms with Crippen LogP contribution in [0.1, 0.15) is 15.9 Å². The van der Waals surface area contributed by atoms with E-state index in [1.165, 1.54) is 0 Å².